The smallest absolute Gasteiger partial charge is 0.270 e. The predicted octanol–water partition coefficient (Wildman–Crippen LogP) is 6.46. The van der Waals surface area contributed by atoms with Crippen LogP contribution in [0.15, 0.2) is 77.7 Å². The van der Waals surface area contributed by atoms with Crippen molar-refractivity contribution in [3.63, 3.8) is 0 Å². The van der Waals surface area contributed by atoms with Gasteiger partial charge in [0.2, 0.25) is 0 Å². The monoisotopic (exact) mass is 455 g/mol. The van der Waals surface area contributed by atoms with E-state index < -0.39 is 5.82 Å². The van der Waals surface area contributed by atoms with E-state index in [1.54, 1.807) is 6.08 Å². The lowest BCUT2D eigenvalue weighted by Crippen LogP contribution is -2.27. The zero-order valence-corrected chi connectivity index (χ0v) is 17.9. The second-order valence-electron chi connectivity index (χ2n) is 6.43. The average molecular weight is 456 g/mol. The number of anilines is 1. The molecular formula is C23H15ClFNO2S2. The molecule has 3 nitrogen and oxygen atoms in total. The SMILES string of the molecule is O=C1/C(=C\c2ccccc2OCc2ccccc2)SC(=S)N1c1ccc(F)c(Cl)c1. The number of benzene rings is 3. The molecule has 1 saturated heterocycles. The van der Waals surface area contributed by atoms with E-state index in [9.17, 15) is 9.18 Å². The minimum atomic E-state index is -0.550. The van der Waals surface area contributed by atoms with E-state index in [0.717, 1.165) is 11.1 Å². The average Bonchev–Trinajstić information content (AvgIpc) is 3.03. The van der Waals surface area contributed by atoms with E-state index in [2.05, 4.69) is 0 Å². The fourth-order valence-corrected chi connectivity index (χ4v) is 4.39. The minimum Gasteiger partial charge on any atom is -0.488 e. The molecule has 1 aliphatic rings. The Morgan fingerprint density at radius 3 is 2.57 bits per heavy atom. The van der Waals surface area contributed by atoms with Gasteiger partial charge in [-0.3, -0.25) is 9.69 Å². The summed E-state index contributed by atoms with van der Waals surface area (Å²) in [6, 6.07) is 21.4. The van der Waals surface area contributed by atoms with Crippen LogP contribution in [0.1, 0.15) is 11.1 Å². The lowest BCUT2D eigenvalue weighted by atomic mass is 10.1. The first-order valence-electron chi connectivity index (χ1n) is 9.02. The summed E-state index contributed by atoms with van der Waals surface area (Å²) in [6.07, 6.45) is 1.75. The fraction of sp³-hybridized carbons (Fsp3) is 0.0435. The van der Waals surface area contributed by atoms with Crippen LogP contribution in [-0.2, 0) is 11.4 Å². The van der Waals surface area contributed by atoms with Gasteiger partial charge in [0, 0.05) is 5.56 Å². The Hall–Kier alpha value is -2.67. The Morgan fingerprint density at radius 2 is 1.80 bits per heavy atom. The van der Waals surface area contributed by atoms with Gasteiger partial charge in [0.15, 0.2) is 4.32 Å². The Bertz CT molecular complexity index is 1150. The molecule has 1 aliphatic heterocycles. The van der Waals surface area contributed by atoms with E-state index in [0.29, 0.717) is 27.3 Å². The van der Waals surface area contributed by atoms with Gasteiger partial charge < -0.3 is 4.74 Å². The van der Waals surface area contributed by atoms with Crippen LogP contribution < -0.4 is 9.64 Å². The molecule has 4 rings (SSSR count). The van der Waals surface area contributed by atoms with E-state index in [1.807, 2.05) is 54.6 Å². The van der Waals surface area contributed by atoms with Crippen molar-refractivity contribution >= 4 is 57.6 Å². The molecule has 0 unspecified atom stereocenters. The van der Waals surface area contributed by atoms with Crippen LogP contribution in [0.2, 0.25) is 5.02 Å². The summed E-state index contributed by atoms with van der Waals surface area (Å²) in [4.78, 5) is 14.8. The molecule has 3 aromatic rings. The van der Waals surface area contributed by atoms with Crippen molar-refractivity contribution in [2.24, 2.45) is 0 Å². The highest BCUT2D eigenvalue weighted by Crippen LogP contribution is 2.38. The number of carbonyl (C=O) groups excluding carboxylic acids is 1. The van der Waals surface area contributed by atoms with Gasteiger partial charge in [-0.2, -0.15) is 0 Å². The van der Waals surface area contributed by atoms with Crippen LogP contribution in [0.5, 0.6) is 5.75 Å². The molecule has 0 radical (unpaired) electrons. The maximum atomic E-state index is 13.5. The lowest BCUT2D eigenvalue weighted by Gasteiger charge is -2.14. The van der Waals surface area contributed by atoms with Gasteiger partial charge in [0.1, 0.15) is 18.2 Å². The van der Waals surface area contributed by atoms with Crippen molar-refractivity contribution in [2.75, 3.05) is 4.90 Å². The number of thioether (sulfide) groups is 1. The standard InChI is InChI=1S/C23H15ClFNO2S2/c24-18-13-17(10-11-19(18)25)26-22(27)21(30-23(26)29)12-16-8-4-5-9-20(16)28-14-15-6-2-1-3-7-15/h1-13H,14H2/b21-12+. The number of para-hydroxylation sites is 1. The predicted molar refractivity (Wildman–Crippen MR) is 124 cm³/mol. The van der Waals surface area contributed by atoms with E-state index in [4.69, 9.17) is 28.6 Å². The number of rotatable bonds is 5. The molecule has 0 aromatic heterocycles. The first-order chi connectivity index (χ1) is 14.5. The van der Waals surface area contributed by atoms with Crippen LogP contribution >= 0.6 is 35.6 Å². The second-order valence-corrected chi connectivity index (χ2v) is 8.51. The molecule has 7 heteroatoms. The van der Waals surface area contributed by atoms with Gasteiger partial charge in [-0.05, 0) is 35.9 Å². The van der Waals surface area contributed by atoms with Crippen LogP contribution in [0.4, 0.5) is 10.1 Å². The minimum absolute atomic E-state index is 0.0646. The Kier molecular flexibility index (Phi) is 6.18. The number of ether oxygens (including phenoxy) is 1. The molecule has 150 valence electrons. The lowest BCUT2D eigenvalue weighted by molar-refractivity contribution is -0.113. The highest BCUT2D eigenvalue weighted by atomic mass is 35.5. The summed E-state index contributed by atoms with van der Waals surface area (Å²) in [6.45, 7) is 0.417. The Labute approximate surface area is 188 Å². The molecule has 0 saturated carbocycles. The second kappa shape index (κ2) is 9.00. The first kappa shape index (κ1) is 20.6. The van der Waals surface area contributed by atoms with Gasteiger partial charge in [0.05, 0.1) is 15.6 Å². The number of amides is 1. The summed E-state index contributed by atoms with van der Waals surface area (Å²) in [5.74, 6) is -0.173. The number of carbonyl (C=O) groups is 1. The van der Waals surface area contributed by atoms with Crippen LogP contribution in [0.3, 0.4) is 0 Å². The molecule has 3 aromatic carbocycles. The molecule has 0 spiro atoms. The molecule has 0 atom stereocenters. The molecule has 0 bridgehead atoms. The van der Waals surface area contributed by atoms with Crippen molar-refractivity contribution < 1.29 is 13.9 Å². The first-order valence-corrected chi connectivity index (χ1v) is 10.6. The highest BCUT2D eigenvalue weighted by Gasteiger charge is 2.33. The molecule has 30 heavy (non-hydrogen) atoms. The van der Waals surface area contributed by atoms with Crippen molar-refractivity contribution in [1.82, 2.24) is 0 Å². The highest BCUT2D eigenvalue weighted by molar-refractivity contribution is 8.27. The van der Waals surface area contributed by atoms with Gasteiger partial charge >= 0.3 is 0 Å². The number of hydrogen-bond donors (Lipinski definition) is 0. The summed E-state index contributed by atoms with van der Waals surface area (Å²) in [7, 11) is 0. The third-order valence-electron chi connectivity index (χ3n) is 4.40. The summed E-state index contributed by atoms with van der Waals surface area (Å²) in [5, 5.41) is -0.0646. The number of nitrogens with zero attached hydrogens (tertiary/aromatic N) is 1. The van der Waals surface area contributed by atoms with Gasteiger partial charge in [-0.25, -0.2) is 4.39 Å². The number of hydrogen-bond acceptors (Lipinski definition) is 4. The van der Waals surface area contributed by atoms with Crippen molar-refractivity contribution in [1.29, 1.82) is 0 Å². The van der Waals surface area contributed by atoms with Crippen molar-refractivity contribution in [3.8, 4) is 5.75 Å². The molecule has 1 fully saturated rings. The van der Waals surface area contributed by atoms with Gasteiger partial charge in [-0.15, -0.1) is 0 Å². The largest absolute Gasteiger partial charge is 0.488 e. The summed E-state index contributed by atoms with van der Waals surface area (Å²) < 4.78 is 19.8. The van der Waals surface area contributed by atoms with E-state index >= 15 is 0 Å². The zero-order chi connectivity index (χ0) is 21.1. The van der Waals surface area contributed by atoms with Crippen molar-refractivity contribution in [2.45, 2.75) is 6.61 Å². The van der Waals surface area contributed by atoms with Gasteiger partial charge in [0.25, 0.3) is 5.91 Å². The summed E-state index contributed by atoms with van der Waals surface area (Å²) >= 11 is 12.4. The van der Waals surface area contributed by atoms with Crippen LogP contribution in [0, 0.1) is 5.82 Å². The third kappa shape index (κ3) is 4.41. The Balaban J connectivity index is 1.58. The van der Waals surface area contributed by atoms with Crippen molar-refractivity contribution in [3.05, 3.63) is 99.7 Å². The topological polar surface area (TPSA) is 29.5 Å². The molecule has 0 aliphatic carbocycles. The van der Waals surface area contributed by atoms with Gasteiger partial charge in [-0.1, -0.05) is 84.1 Å². The van der Waals surface area contributed by atoms with Crippen LogP contribution in [0.25, 0.3) is 6.08 Å². The molecular weight excluding hydrogens is 441 g/mol. The van der Waals surface area contributed by atoms with E-state index in [-0.39, 0.29) is 10.9 Å². The number of halogens is 2. The molecule has 1 amide bonds. The quantitative estimate of drug-likeness (QED) is 0.326. The molecule has 1 heterocycles. The van der Waals surface area contributed by atoms with E-state index in [1.165, 1.54) is 34.9 Å². The maximum absolute atomic E-state index is 13.5. The zero-order valence-electron chi connectivity index (χ0n) is 15.5. The fourth-order valence-electron chi connectivity index (χ4n) is 2.92. The Morgan fingerprint density at radius 1 is 1.07 bits per heavy atom. The third-order valence-corrected chi connectivity index (χ3v) is 5.99. The summed E-state index contributed by atoms with van der Waals surface area (Å²) in [5.41, 5.74) is 2.25. The molecule has 0 N–H and O–H groups in total. The number of thiocarbonyl (C=S) groups is 1. The van der Waals surface area contributed by atoms with Crippen LogP contribution in [-0.4, -0.2) is 10.2 Å². The maximum Gasteiger partial charge on any atom is 0.270 e. The normalized spacial score (nSPS) is 15.1.